The molecule has 0 spiro atoms. The fraction of sp³-hybridized carbons (Fsp3) is 0.615. The first kappa shape index (κ1) is 13.7. The lowest BCUT2D eigenvalue weighted by Crippen LogP contribution is -2.41. The molecule has 2 rings (SSSR count). The van der Waals surface area contributed by atoms with Crippen LogP contribution in [0.2, 0.25) is 0 Å². The standard InChI is InChI=1S/C13H20N4O2/c1-3-14-12-5-4-11(15-16-12)13(18)17(2)10-6-8-19-9-7-10/h4-5,10H,3,6-9H2,1-2H3,(H,14,16). The largest absolute Gasteiger partial charge is 0.381 e. The number of rotatable bonds is 4. The Kier molecular flexibility index (Phi) is 4.68. The number of carbonyl (C=O) groups excluding carboxylic acids is 1. The van der Waals surface area contributed by atoms with Crippen LogP contribution in [-0.4, -0.2) is 53.9 Å². The molecule has 1 amide bonds. The van der Waals surface area contributed by atoms with Gasteiger partial charge < -0.3 is 15.0 Å². The normalized spacial score (nSPS) is 16.1. The Morgan fingerprint density at radius 1 is 1.42 bits per heavy atom. The summed E-state index contributed by atoms with van der Waals surface area (Å²) >= 11 is 0. The summed E-state index contributed by atoms with van der Waals surface area (Å²) < 4.78 is 5.30. The quantitative estimate of drug-likeness (QED) is 0.884. The van der Waals surface area contributed by atoms with Gasteiger partial charge in [0.15, 0.2) is 5.69 Å². The van der Waals surface area contributed by atoms with Crippen LogP contribution in [0.5, 0.6) is 0 Å². The van der Waals surface area contributed by atoms with Crippen LogP contribution < -0.4 is 5.32 Å². The van der Waals surface area contributed by atoms with Crippen LogP contribution in [0, 0.1) is 0 Å². The fourth-order valence-corrected chi connectivity index (χ4v) is 2.14. The zero-order valence-electron chi connectivity index (χ0n) is 11.4. The van der Waals surface area contributed by atoms with E-state index in [-0.39, 0.29) is 11.9 Å². The average Bonchev–Trinajstić information content (AvgIpc) is 2.48. The minimum Gasteiger partial charge on any atom is -0.381 e. The van der Waals surface area contributed by atoms with Gasteiger partial charge in [-0.25, -0.2) is 0 Å². The molecule has 1 aromatic heterocycles. The molecule has 0 bridgehead atoms. The second-order valence-electron chi connectivity index (χ2n) is 4.59. The van der Waals surface area contributed by atoms with E-state index >= 15 is 0 Å². The van der Waals surface area contributed by atoms with Gasteiger partial charge in [-0.05, 0) is 31.9 Å². The van der Waals surface area contributed by atoms with Gasteiger partial charge in [0.2, 0.25) is 0 Å². The molecule has 0 atom stereocenters. The summed E-state index contributed by atoms with van der Waals surface area (Å²) in [4.78, 5) is 14.0. The van der Waals surface area contributed by atoms with Gasteiger partial charge in [0, 0.05) is 32.8 Å². The minimum atomic E-state index is -0.0811. The maximum atomic E-state index is 12.3. The molecule has 2 heterocycles. The first-order valence-corrected chi connectivity index (χ1v) is 6.65. The van der Waals surface area contributed by atoms with E-state index in [2.05, 4.69) is 15.5 Å². The second-order valence-corrected chi connectivity index (χ2v) is 4.59. The van der Waals surface area contributed by atoms with Crippen LogP contribution in [0.15, 0.2) is 12.1 Å². The molecule has 104 valence electrons. The molecular formula is C13H20N4O2. The van der Waals surface area contributed by atoms with E-state index in [4.69, 9.17) is 4.74 Å². The lowest BCUT2D eigenvalue weighted by atomic mass is 10.1. The van der Waals surface area contributed by atoms with Crippen molar-refractivity contribution in [1.82, 2.24) is 15.1 Å². The molecule has 1 saturated heterocycles. The highest BCUT2D eigenvalue weighted by atomic mass is 16.5. The van der Waals surface area contributed by atoms with E-state index in [9.17, 15) is 4.79 Å². The summed E-state index contributed by atoms with van der Waals surface area (Å²) in [6.45, 7) is 4.20. The van der Waals surface area contributed by atoms with E-state index in [0.717, 1.165) is 19.4 Å². The Bertz CT molecular complexity index is 415. The van der Waals surface area contributed by atoms with Crippen LogP contribution in [0.4, 0.5) is 5.82 Å². The molecule has 0 radical (unpaired) electrons. The third-order valence-electron chi connectivity index (χ3n) is 3.30. The highest BCUT2D eigenvalue weighted by Gasteiger charge is 2.24. The Morgan fingerprint density at radius 2 is 2.16 bits per heavy atom. The molecule has 0 aliphatic carbocycles. The molecule has 1 fully saturated rings. The number of ether oxygens (including phenoxy) is 1. The van der Waals surface area contributed by atoms with E-state index in [1.807, 2.05) is 14.0 Å². The molecule has 0 unspecified atom stereocenters. The molecule has 6 heteroatoms. The number of nitrogens with one attached hydrogen (secondary N) is 1. The van der Waals surface area contributed by atoms with Crippen molar-refractivity contribution in [3.63, 3.8) is 0 Å². The van der Waals surface area contributed by atoms with Gasteiger partial charge in [-0.2, -0.15) is 0 Å². The van der Waals surface area contributed by atoms with Gasteiger partial charge in [-0.15, -0.1) is 10.2 Å². The van der Waals surface area contributed by atoms with Crippen molar-refractivity contribution in [2.75, 3.05) is 32.1 Å². The summed E-state index contributed by atoms with van der Waals surface area (Å²) in [5.74, 6) is 0.607. The third kappa shape index (κ3) is 3.41. The molecule has 0 saturated carbocycles. The second kappa shape index (κ2) is 6.47. The lowest BCUT2D eigenvalue weighted by molar-refractivity contribution is 0.0358. The number of hydrogen-bond donors (Lipinski definition) is 1. The van der Waals surface area contributed by atoms with Crippen molar-refractivity contribution in [2.45, 2.75) is 25.8 Å². The van der Waals surface area contributed by atoms with Crippen LogP contribution in [0.3, 0.4) is 0 Å². The minimum absolute atomic E-state index is 0.0811. The highest BCUT2D eigenvalue weighted by Crippen LogP contribution is 2.15. The predicted octanol–water partition coefficient (Wildman–Crippen LogP) is 1.16. The number of hydrogen-bond acceptors (Lipinski definition) is 5. The van der Waals surface area contributed by atoms with Gasteiger partial charge in [0.25, 0.3) is 5.91 Å². The van der Waals surface area contributed by atoms with Crippen molar-refractivity contribution in [1.29, 1.82) is 0 Å². The maximum Gasteiger partial charge on any atom is 0.274 e. The fourth-order valence-electron chi connectivity index (χ4n) is 2.14. The van der Waals surface area contributed by atoms with E-state index in [1.54, 1.807) is 17.0 Å². The molecule has 6 nitrogen and oxygen atoms in total. The number of aromatic nitrogens is 2. The SMILES string of the molecule is CCNc1ccc(C(=O)N(C)C2CCOCC2)nn1. The summed E-state index contributed by atoms with van der Waals surface area (Å²) in [5, 5.41) is 11.0. The summed E-state index contributed by atoms with van der Waals surface area (Å²) in [5.41, 5.74) is 0.385. The number of carbonyl (C=O) groups is 1. The van der Waals surface area contributed by atoms with E-state index in [0.29, 0.717) is 24.7 Å². The van der Waals surface area contributed by atoms with Crippen LogP contribution in [0.1, 0.15) is 30.3 Å². The van der Waals surface area contributed by atoms with Crippen molar-refractivity contribution < 1.29 is 9.53 Å². The first-order chi connectivity index (χ1) is 9.22. The Balaban J connectivity index is 2.01. The molecule has 19 heavy (non-hydrogen) atoms. The Hall–Kier alpha value is -1.69. The van der Waals surface area contributed by atoms with Gasteiger partial charge in [0.05, 0.1) is 0 Å². The van der Waals surface area contributed by atoms with Crippen LogP contribution in [0.25, 0.3) is 0 Å². The Labute approximate surface area is 113 Å². The number of amides is 1. The first-order valence-electron chi connectivity index (χ1n) is 6.65. The van der Waals surface area contributed by atoms with Crippen molar-refractivity contribution in [3.05, 3.63) is 17.8 Å². The summed E-state index contributed by atoms with van der Waals surface area (Å²) in [7, 11) is 1.82. The Morgan fingerprint density at radius 3 is 2.74 bits per heavy atom. The van der Waals surface area contributed by atoms with Crippen molar-refractivity contribution in [3.8, 4) is 0 Å². The molecule has 1 aliphatic heterocycles. The predicted molar refractivity (Wildman–Crippen MR) is 72.1 cm³/mol. The highest BCUT2D eigenvalue weighted by molar-refractivity contribution is 5.92. The molecule has 1 aliphatic rings. The molecular weight excluding hydrogens is 244 g/mol. The number of anilines is 1. The van der Waals surface area contributed by atoms with Gasteiger partial charge in [-0.1, -0.05) is 0 Å². The lowest BCUT2D eigenvalue weighted by Gasteiger charge is -2.30. The summed E-state index contributed by atoms with van der Waals surface area (Å²) in [6, 6.07) is 3.72. The molecule has 1 aromatic rings. The van der Waals surface area contributed by atoms with Crippen LogP contribution in [-0.2, 0) is 4.74 Å². The molecule has 1 N–H and O–H groups in total. The number of nitrogens with zero attached hydrogens (tertiary/aromatic N) is 3. The zero-order chi connectivity index (χ0) is 13.7. The van der Waals surface area contributed by atoms with Gasteiger partial charge >= 0.3 is 0 Å². The van der Waals surface area contributed by atoms with Gasteiger partial charge in [-0.3, -0.25) is 4.79 Å². The topological polar surface area (TPSA) is 67.4 Å². The van der Waals surface area contributed by atoms with E-state index < -0.39 is 0 Å². The zero-order valence-corrected chi connectivity index (χ0v) is 11.4. The monoisotopic (exact) mass is 264 g/mol. The average molecular weight is 264 g/mol. The van der Waals surface area contributed by atoms with E-state index in [1.165, 1.54) is 0 Å². The third-order valence-corrected chi connectivity index (χ3v) is 3.30. The smallest absolute Gasteiger partial charge is 0.274 e. The van der Waals surface area contributed by atoms with Crippen molar-refractivity contribution >= 4 is 11.7 Å². The van der Waals surface area contributed by atoms with Crippen molar-refractivity contribution in [2.24, 2.45) is 0 Å². The molecule has 0 aromatic carbocycles. The van der Waals surface area contributed by atoms with Gasteiger partial charge in [0.1, 0.15) is 5.82 Å². The summed E-state index contributed by atoms with van der Waals surface area (Å²) in [6.07, 6.45) is 1.76. The maximum absolute atomic E-state index is 12.3. The van der Waals surface area contributed by atoms with Crippen LogP contribution >= 0.6 is 0 Å².